The summed E-state index contributed by atoms with van der Waals surface area (Å²) in [5.74, 6) is -3.92. The van der Waals surface area contributed by atoms with E-state index < -0.39 is 40.5 Å². The van der Waals surface area contributed by atoms with Gasteiger partial charge < -0.3 is 15.4 Å². The van der Waals surface area contributed by atoms with Gasteiger partial charge in [-0.3, -0.25) is 19.7 Å². The minimum atomic E-state index is -1.19. The molecular formula is C18H22N4O6. The smallest absolute Gasteiger partial charge is 0.329 e. The largest absolute Gasteiger partial charge is 0.464 e. The van der Waals surface area contributed by atoms with Crippen LogP contribution in [0.5, 0.6) is 0 Å². The second-order valence-electron chi connectivity index (χ2n) is 5.93. The highest BCUT2D eigenvalue weighted by molar-refractivity contribution is 6.03. The Morgan fingerprint density at radius 1 is 1.36 bits per heavy atom. The van der Waals surface area contributed by atoms with Crippen LogP contribution in [0.3, 0.4) is 0 Å². The molecule has 10 heteroatoms. The number of ketones is 1. The summed E-state index contributed by atoms with van der Waals surface area (Å²) in [7, 11) is 3.75. The zero-order valence-electron chi connectivity index (χ0n) is 15.8. The first kappa shape index (κ1) is 22.7. The van der Waals surface area contributed by atoms with Crippen molar-refractivity contribution < 1.29 is 24.0 Å². The third-order valence-electron chi connectivity index (χ3n) is 3.90. The number of Topliss-reactive ketones (excluding diaryl/α,β-unsaturated/α-hetero) is 1. The number of hydrogen-bond acceptors (Lipinski definition) is 8. The number of hydrogen-bond donors (Lipinski definition) is 2. The molecule has 10 nitrogen and oxygen atoms in total. The van der Waals surface area contributed by atoms with Crippen molar-refractivity contribution in [2.45, 2.75) is 19.4 Å². The average Bonchev–Trinajstić information content (AvgIpc) is 2.68. The van der Waals surface area contributed by atoms with E-state index in [1.165, 1.54) is 24.3 Å². The van der Waals surface area contributed by atoms with Gasteiger partial charge in [0.05, 0.1) is 23.5 Å². The number of nitro benzene ring substituents is 1. The monoisotopic (exact) mass is 390 g/mol. The third kappa shape index (κ3) is 5.59. The van der Waals surface area contributed by atoms with E-state index in [4.69, 9.17) is 10.00 Å². The highest BCUT2D eigenvalue weighted by Gasteiger charge is 2.44. The van der Waals surface area contributed by atoms with Gasteiger partial charge >= 0.3 is 5.97 Å². The van der Waals surface area contributed by atoms with Crippen LogP contribution in [0.4, 0.5) is 5.69 Å². The fourth-order valence-electron chi connectivity index (χ4n) is 2.64. The second-order valence-corrected chi connectivity index (χ2v) is 5.93. The molecule has 150 valence electrons. The van der Waals surface area contributed by atoms with Crippen LogP contribution in [0.2, 0.25) is 0 Å². The maximum Gasteiger partial charge on any atom is 0.329 e. The van der Waals surface area contributed by atoms with Crippen LogP contribution in [0.15, 0.2) is 24.3 Å². The number of nitriles is 1. The first-order chi connectivity index (χ1) is 13.3. The Morgan fingerprint density at radius 2 is 1.93 bits per heavy atom. The van der Waals surface area contributed by atoms with E-state index in [1.807, 2.05) is 14.1 Å². The van der Waals surface area contributed by atoms with Gasteiger partial charge in [-0.25, -0.2) is 4.79 Å². The van der Waals surface area contributed by atoms with Crippen LogP contribution in [-0.4, -0.2) is 49.3 Å². The molecule has 1 aromatic carbocycles. The van der Waals surface area contributed by atoms with Gasteiger partial charge in [-0.15, -0.1) is 0 Å². The number of amides is 1. The van der Waals surface area contributed by atoms with E-state index in [0.717, 1.165) is 0 Å². The molecule has 0 aromatic heterocycles. The molecule has 0 saturated carbocycles. The van der Waals surface area contributed by atoms with Gasteiger partial charge in [0.2, 0.25) is 5.91 Å². The second kappa shape index (κ2) is 10.7. The van der Waals surface area contributed by atoms with E-state index >= 15 is 0 Å². The Hall–Kier alpha value is -3.32. The van der Waals surface area contributed by atoms with Crippen molar-refractivity contribution in [3.05, 3.63) is 39.9 Å². The molecule has 2 N–H and O–H groups in total. The Labute approximate surface area is 162 Å². The third-order valence-corrected chi connectivity index (χ3v) is 3.90. The van der Waals surface area contributed by atoms with Crippen molar-refractivity contribution in [2.75, 3.05) is 20.7 Å². The molecule has 28 heavy (non-hydrogen) atoms. The summed E-state index contributed by atoms with van der Waals surface area (Å²) in [6, 6.07) is 5.51. The topological polar surface area (TPSA) is 151 Å². The molecule has 1 aromatic rings. The number of esters is 1. The summed E-state index contributed by atoms with van der Waals surface area (Å²) in [6.07, 6.45) is -0.123. The van der Waals surface area contributed by atoms with Crippen LogP contribution in [0, 0.1) is 33.3 Å². The zero-order chi connectivity index (χ0) is 21.3. The molecule has 3 unspecified atom stereocenters. The SMILES string of the molecule is CCOC(=O)C1NC(=O)C(C#N)CC1C(=O)c1ccc([N+](=O)[O-])cc1.CNC. The molecule has 1 amide bonds. The van der Waals surface area contributed by atoms with Crippen molar-refractivity contribution in [1.82, 2.24) is 10.6 Å². The van der Waals surface area contributed by atoms with Crippen LogP contribution in [0.1, 0.15) is 23.7 Å². The predicted octanol–water partition coefficient (Wildman–Crippen LogP) is 0.821. The number of carbonyl (C=O) groups excluding carboxylic acids is 3. The van der Waals surface area contributed by atoms with Gasteiger partial charge in [0.25, 0.3) is 5.69 Å². The van der Waals surface area contributed by atoms with Crippen LogP contribution >= 0.6 is 0 Å². The Balaban J connectivity index is 0.00000122. The maximum absolute atomic E-state index is 12.7. The fourth-order valence-corrected chi connectivity index (χ4v) is 2.64. The first-order valence-corrected chi connectivity index (χ1v) is 8.54. The predicted molar refractivity (Wildman–Crippen MR) is 98.2 cm³/mol. The molecule has 0 aliphatic carbocycles. The van der Waals surface area contributed by atoms with Crippen molar-refractivity contribution in [3.8, 4) is 6.07 Å². The molecule has 1 saturated heterocycles. The Morgan fingerprint density at radius 3 is 2.39 bits per heavy atom. The number of non-ortho nitro benzene ring substituents is 1. The number of piperidine rings is 1. The van der Waals surface area contributed by atoms with E-state index in [0.29, 0.717) is 0 Å². The van der Waals surface area contributed by atoms with Crippen molar-refractivity contribution in [2.24, 2.45) is 11.8 Å². The Bertz CT molecular complexity index is 771. The first-order valence-electron chi connectivity index (χ1n) is 8.54. The molecule has 1 heterocycles. The average molecular weight is 390 g/mol. The molecular weight excluding hydrogens is 368 g/mol. The number of carbonyl (C=O) groups is 3. The quantitative estimate of drug-likeness (QED) is 0.324. The number of ether oxygens (including phenoxy) is 1. The summed E-state index contributed by atoms with van der Waals surface area (Å²) in [5, 5.41) is 24.9. The number of rotatable bonds is 5. The van der Waals surface area contributed by atoms with Crippen LogP contribution in [-0.2, 0) is 14.3 Å². The van der Waals surface area contributed by atoms with Crippen LogP contribution < -0.4 is 10.6 Å². The number of nitro groups is 1. The van der Waals surface area contributed by atoms with Gasteiger partial charge in [0.1, 0.15) is 12.0 Å². The maximum atomic E-state index is 12.7. The van der Waals surface area contributed by atoms with E-state index in [9.17, 15) is 24.5 Å². The van der Waals surface area contributed by atoms with Crippen molar-refractivity contribution in [3.63, 3.8) is 0 Å². The van der Waals surface area contributed by atoms with E-state index in [1.54, 1.807) is 13.0 Å². The molecule has 3 atom stereocenters. The molecule has 1 aliphatic heterocycles. The number of nitrogens with zero attached hydrogens (tertiary/aromatic N) is 2. The lowest BCUT2D eigenvalue weighted by molar-refractivity contribution is -0.384. The van der Waals surface area contributed by atoms with Gasteiger partial charge in [-0.1, -0.05) is 0 Å². The summed E-state index contributed by atoms with van der Waals surface area (Å²) < 4.78 is 4.89. The highest BCUT2D eigenvalue weighted by atomic mass is 16.6. The summed E-state index contributed by atoms with van der Waals surface area (Å²) >= 11 is 0. The molecule has 0 radical (unpaired) electrons. The molecule has 0 bridgehead atoms. The lowest BCUT2D eigenvalue weighted by Gasteiger charge is -2.31. The lowest BCUT2D eigenvalue weighted by atomic mass is 9.80. The highest BCUT2D eigenvalue weighted by Crippen LogP contribution is 2.27. The zero-order valence-corrected chi connectivity index (χ0v) is 15.8. The summed E-state index contributed by atoms with van der Waals surface area (Å²) in [6.45, 7) is 1.67. The minimum absolute atomic E-state index is 0.0747. The molecule has 1 aliphatic rings. The van der Waals surface area contributed by atoms with E-state index in [-0.39, 0.29) is 24.3 Å². The standard InChI is InChI=1S/C16H15N3O6.C2H7N/c1-2-25-16(22)13-12(7-10(8-17)15(21)18-13)14(20)9-3-5-11(6-4-9)19(23)24;1-3-2/h3-6,10,12-13H,2,7H2,1H3,(H,18,21);3H,1-2H3. The van der Waals surface area contributed by atoms with Crippen molar-refractivity contribution in [1.29, 1.82) is 5.26 Å². The normalized spacial score (nSPS) is 20.6. The number of nitrogens with one attached hydrogen (secondary N) is 2. The van der Waals surface area contributed by atoms with Gasteiger partial charge in [-0.05, 0) is 39.6 Å². The van der Waals surface area contributed by atoms with Crippen molar-refractivity contribution >= 4 is 23.3 Å². The van der Waals surface area contributed by atoms with E-state index in [2.05, 4.69) is 10.6 Å². The van der Waals surface area contributed by atoms with Gasteiger partial charge in [0, 0.05) is 17.7 Å². The molecule has 2 rings (SSSR count). The summed E-state index contributed by atoms with van der Waals surface area (Å²) in [4.78, 5) is 46.7. The summed E-state index contributed by atoms with van der Waals surface area (Å²) in [5.41, 5.74) is -0.0249. The number of benzene rings is 1. The fraction of sp³-hybridized carbons (Fsp3) is 0.444. The van der Waals surface area contributed by atoms with Gasteiger partial charge in [-0.2, -0.15) is 5.26 Å². The lowest BCUT2D eigenvalue weighted by Crippen LogP contribution is -2.55. The minimum Gasteiger partial charge on any atom is -0.464 e. The molecule has 1 fully saturated rings. The molecule has 0 spiro atoms. The Kier molecular flexibility index (Phi) is 8.71. The van der Waals surface area contributed by atoms with Crippen LogP contribution in [0.25, 0.3) is 0 Å². The van der Waals surface area contributed by atoms with Gasteiger partial charge in [0.15, 0.2) is 5.78 Å².